The topological polar surface area (TPSA) is 74.8 Å². The molecule has 124 valence electrons. The number of hydrogen-bond acceptors (Lipinski definition) is 8. The summed E-state index contributed by atoms with van der Waals surface area (Å²) in [6.45, 7) is 2.03. The molecule has 0 radical (unpaired) electrons. The summed E-state index contributed by atoms with van der Waals surface area (Å²) >= 11 is 3.19. The average Bonchev–Trinajstić information content (AvgIpc) is 3.26. The number of thiophene rings is 1. The minimum Gasteiger partial charge on any atom is -0.365 e. The maximum absolute atomic E-state index is 4.81. The summed E-state index contributed by atoms with van der Waals surface area (Å²) in [5.41, 5.74) is 1.94. The highest BCUT2D eigenvalue weighted by atomic mass is 32.2. The molecule has 1 aliphatic heterocycles. The summed E-state index contributed by atoms with van der Waals surface area (Å²) in [5.74, 6) is 2.46. The number of rotatable bonds is 5. The van der Waals surface area contributed by atoms with Crippen molar-refractivity contribution in [2.75, 3.05) is 29.4 Å². The Morgan fingerprint density at radius 1 is 1.33 bits per heavy atom. The van der Waals surface area contributed by atoms with E-state index in [1.807, 2.05) is 24.5 Å². The molecule has 1 unspecified atom stereocenters. The van der Waals surface area contributed by atoms with Gasteiger partial charge in [0.2, 0.25) is 0 Å². The Labute approximate surface area is 148 Å². The van der Waals surface area contributed by atoms with Gasteiger partial charge in [-0.1, -0.05) is 11.9 Å². The molecule has 1 saturated heterocycles. The molecule has 0 aromatic carbocycles. The maximum atomic E-state index is 4.81. The van der Waals surface area contributed by atoms with Crippen LogP contribution in [0.1, 0.15) is 6.42 Å². The molecule has 1 aliphatic rings. The zero-order valence-electron chi connectivity index (χ0n) is 13.2. The Balaban J connectivity index is 1.74. The van der Waals surface area contributed by atoms with Gasteiger partial charge in [0.05, 0.1) is 10.2 Å². The first-order chi connectivity index (χ1) is 11.8. The van der Waals surface area contributed by atoms with Crippen LogP contribution in [-0.2, 0) is 0 Å². The minimum atomic E-state index is 0.421. The molecule has 3 aromatic heterocycles. The van der Waals surface area contributed by atoms with E-state index in [2.05, 4.69) is 25.7 Å². The van der Waals surface area contributed by atoms with Crippen LogP contribution in [0.2, 0.25) is 0 Å². The Morgan fingerprint density at radius 3 is 3.12 bits per heavy atom. The third-order valence-corrected chi connectivity index (χ3v) is 5.25. The average molecular weight is 358 g/mol. The molecule has 0 spiro atoms. The van der Waals surface area contributed by atoms with Crippen LogP contribution >= 0.6 is 23.3 Å². The fraction of sp³-hybridized carbons (Fsp3) is 0.312. The van der Waals surface area contributed by atoms with Crippen LogP contribution in [-0.4, -0.2) is 40.3 Å². The van der Waals surface area contributed by atoms with Crippen molar-refractivity contribution in [1.29, 1.82) is 0 Å². The van der Waals surface area contributed by atoms with Gasteiger partial charge in [0.15, 0.2) is 5.82 Å². The number of fused-ring (bicyclic) bond motifs is 1. The van der Waals surface area contributed by atoms with Gasteiger partial charge in [0, 0.05) is 30.6 Å². The lowest BCUT2D eigenvalue weighted by Crippen LogP contribution is -2.22. The van der Waals surface area contributed by atoms with Crippen LogP contribution in [0, 0.1) is 0 Å². The quantitative estimate of drug-likeness (QED) is 0.605. The van der Waals surface area contributed by atoms with E-state index in [4.69, 9.17) is 9.97 Å². The second-order valence-corrected chi connectivity index (χ2v) is 7.13. The third-order valence-electron chi connectivity index (χ3n) is 3.93. The van der Waals surface area contributed by atoms with E-state index < -0.39 is 0 Å². The van der Waals surface area contributed by atoms with Gasteiger partial charge in [-0.2, -0.15) is 0 Å². The molecular formula is C16H18N6S2. The van der Waals surface area contributed by atoms with E-state index >= 15 is 0 Å². The normalized spacial score (nSPS) is 17.3. The van der Waals surface area contributed by atoms with Crippen LogP contribution in [0.25, 0.3) is 21.6 Å². The lowest BCUT2D eigenvalue weighted by molar-refractivity contribution is 0.789. The van der Waals surface area contributed by atoms with E-state index in [9.17, 15) is 0 Å². The van der Waals surface area contributed by atoms with Gasteiger partial charge in [-0.05, 0) is 36.5 Å². The molecular weight excluding hydrogens is 340 g/mol. The first kappa shape index (κ1) is 15.6. The van der Waals surface area contributed by atoms with Gasteiger partial charge in [-0.3, -0.25) is 0 Å². The highest BCUT2D eigenvalue weighted by Crippen LogP contribution is 2.30. The number of nitrogens with one attached hydrogen (secondary N) is 3. The van der Waals surface area contributed by atoms with Gasteiger partial charge in [0.25, 0.3) is 0 Å². The fourth-order valence-electron chi connectivity index (χ4n) is 2.79. The van der Waals surface area contributed by atoms with Crippen LogP contribution in [0.5, 0.6) is 0 Å². The fourth-order valence-corrected chi connectivity index (χ4v) is 3.90. The summed E-state index contributed by atoms with van der Waals surface area (Å²) in [5, 5.41) is 9.03. The molecule has 0 saturated carbocycles. The number of hydrogen-bond donors (Lipinski definition) is 3. The summed E-state index contributed by atoms with van der Waals surface area (Å²) in [6, 6.07) is 6.39. The van der Waals surface area contributed by atoms with Crippen molar-refractivity contribution in [2.24, 2.45) is 0 Å². The molecule has 0 aliphatic carbocycles. The Morgan fingerprint density at radius 2 is 2.29 bits per heavy atom. The van der Waals surface area contributed by atoms with Crippen molar-refractivity contribution < 1.29 is 0 Å². The largest absolute Gasteiger partial charge is 0.365 e. The van der Waals surface area contributed by atoms with Gasteiger partial charge >= 0.3 is 0 Å². The Kier molecular flexibility index (Phi) is 4.50. The standard InChI is InChI=1S/C16H18N6S2/c1-23-22-13-8-10(2-6-18-13)15-20-12-4-7-24-14(12)16(21-15)19-11-3-5-17-9-11/h2,4,6-8,11,17H,3,5,9H2,1H3,(H,18,22)(H,19,20,21). The number of aromatic nitrogens is 3. The van der Waals surface area contributed by atoms with Gasteiger partial charge in [-0.25, -0.2) is 15.0 Å². The van der Waals surface area contributed by atoms with Crippen molar-refractivity contribution in [3.63, 3.8) is 0 Å². The van der Waals surface area contributed by atoms with E-state index in [1.54, 1.807) is 17.5 Å². The van der Waals surface area contributed by atoms with Crippen molar-refractivity contribution in [2.45, 2.75) is 12.5 Å². The molecule has 3 aromatic rings. The summed E-state index contributed by atoms with van der Waals surface area (Å²) in [6.07, 6.45) is 4.87. The van der Waals surface area contributed by atoms with Crippen LogP contribution in [0.15, 0.2) is 29.8 Å². The summed E-state index contributed by atoms with van der Waals surface area (Å²) < 4.78 is 4.26. The molecule has 1 atom stereocenters. The lowest BCUT2D eigenvalue weighted by atomic mass is 10.2. The first-order valence-corrected chi connectivity index (χ1v) is 9.92. The highest BCUT2D eigenvalue weighted by Gasteiger charge is 2.18. The summed E-state index contributed by atoms with van der Waals surface area (Å²) in [7, 11) is 0. The maximum Gasteiger partial charge on any atom is 0.162 e. The Bertz CT molecular complexity index is 843. The van der Waals surface area contributed by atoms with Crippen LogP contribution < -0.4 is 15.4 Å². The van der Waals surface area contributed by atoms with Crippen LogP contribution in [0.3, 0.4) is 0 Å². The first-order valence-electron chi connectivity index (χ1n) is 7.81. The third kappa shape index (κ3) is 3.17. The predicted molar refractivity (Wildman–Crippen MR) is 103 cm³/mol. The second kappa shape index (κ2) is 6.92. The number of nitrogens with zero attached hydrogens (tertiary/aromatic N) is 3. The van der Waals surface area contributed by atoms with E-state index in [-0.39, 0.29) is 0 Å². The lowest BCUT2D eigenvalue weighted by Gasteiger charge is -2.14. The zero-order valence-corrected chi connectivity index (χ0v) is 14.9. The summed E-state index contributed by atoms with van der Waals surface area (Å²) in [4.78, 5) is 13.8. The van der Waals surface area contributed by atoms with Gasteiger partial charge in [0.1, 0.15) is 11.6 Å². The number of pyridine rings is 1. The predicted octanol–water partition coefficient (Wildman–Crippen LogP) is 3.22. The molecule has 8 heteroatoms. The van der Waals surface area contributed by atoms with E-state index in [1.165, 1.54) is 11.9 Å². The monoisotopic (exact) mass is 358 g/mol. The van der Waals surface area contributed by atoms with Gasteiger partial charge in [-0.15, -0.1) is 11.3 Å². The Hall–Kier alpha value is -1.90. The molecule has 0 bridgehead atoms. The van der Waals surface area contributed by atoms with Crippen molar-refractivity contribution >= 4 is 45.1 Å². The highest BCUT2D eigenvalue weighted by molar-refractivity contribution is 7.99. The van der Waals surface area contributed by atoms with Crippen molar-refractivity contribution in [3.8, 4) is 11.4 Å². The number of anilines is 2. The molecule has 4 heterocycles. The van der Waals surface area contributed by atoms with Crippen molar-refractivity contribution in [3.05, 3.63) is 29.8 Å². The second-order valence-electron chi connectivity index (χ2n) is 5.60. The SMILES string of the molecule is CSNc1cc(-c2nc(NC3CCNC3)c3sccc3n2)ccn1. The van der Waals surface area contributed by atoms with E-state index in [0.29, 0.717) is 6.04 Å². The molecule has 6 nitrogen and oxygen atoms in total. The molecule has 4 rings (SSSR count). The van der Waals surface area contributed by atoms with Crippen molar-refractivity contribution in [1.82, 2.24) is 20.3 Å². The minimum absolute atomic E-state index is 0.421. The van der Waals surface area contributed by atoms with E-state index in [0.717, 1.165) is 52.8 Å². The molecule has 24 heavy (non-hydrogen) atoms. The molecule has 1 fully saturated rings. The van der Waals surface area contributed by atoms with Crippen LogP contribution in [0.4, 0.5) is 11.6 Å². The smallest absolute Gasteiger partial charge is 0.162 e. The van der Waals surface area contributed by atoms with Gasteiger partial charge < -0.3 is 15.4 Å². The zero-order chi connectivity index (χ0) is 16.4. The molecule has 3 N–H and O–H groups in total. The molecule has 0 amide bonds.